The van der Waals surface area contributed by atoms with Crippen LogP contribution >= 0.6 is 35.2 Å². The highest BCUT2D eigenvalue weighted by Gasteiger charge is 2.51. The molecule has 4 rings (SSSR count). The van der Waals surface area contributed by atoms with Crippen LogP contribution in [0.25, 0.3) is 11.2 Å². The molecule has 29 nitrogen and oxygen atoms in total. The first-order valence-electron chi connectivity index (χ1n) is 17.2. The number of hydrogen-bond donors (Lipinski definition) is 13. The first-order valence-corrected chi connectivity index (χ1v) is 22.7. The molecular formula is C27H44N7O22P3S. The molecule has 2 aliphatic heterocycles. The average molecular weight is 944 g/mol. The van der Waals surface area contributed by atoms with E-state index in [2.05, 4.69) is 34.4 Å². The number of fused-ring (bicyclic) bond motifs is 1. The fraction of sp³-hybridized carbons (Fsp3) is 0.704. The number of ether oxygens (including phenoxy) is 2. The van der Waals surface area contributed by atoms with Crippen molar-refractivity contribution in [3.05, 3.63) is 12.7 Å². The number of amides is 2. The molecule has 0 spiro atoms. The summed E-state index contributed by atoms with van der Waals surface area (Å²) in [5.74, 6) is -1.76. The molecule has 2 amide bonds. The van der Waals surface area contributed by atoms with Crippen molar-refractivity contribution in [3.8, 4) is 0 Å². The third kappa shape index (κ3) is 13.2. The third-order valence-corrected chi connectivity index (χ3v) is 12.6. The number of phosphoric ester groups is 3. The predicted octanol–water partition coefficient (Wildman–Crippen LogP) is -4.54. The summed E-state index contributed by atoms with van der Waals surface area (Å²) in [6.07, 6.45) is -16.3. The second-order valence-electron chi connectivity index (χ2n) is 13.7. The van der Waals surface area contributed by atoms with Crippen molar-refractivity contribution in [2.45, 2.75) is 81.6 Å². The standard InChI is InChI=1S/C27H44N7O22P3S/c1-27(2,20(40)23(41)30-4-3-12(35)29-5-6-60-26(43)19-15(37)14(36)16(38)25(42)54-19)8-52-59(49,50)56-58(47,48)51-7-11-18(55-57(44,45)46)17(39)24(53-11)34-10-33-13-21(28)31-9-32-22(13)34/h9-11,14-20,24-25,36-40,42H,3-8H2,1-2H3,(H,29,35)(H,30,41)(H,47,48)(H,49,50)(H2,28,31,32)(H2,44,45,46). The van der Waals surface area contributed by atoms with Crippen molar-refractivity contribution in [3.63, 3.8) is 0 Å². The number of hydrogen-bond acceptors (Lipinski definition) is 23. The third-order valence-electron chi connectivity index (χ3n) is 8.57. The van der Waals surface area contributed by atoms with E-state index in [9.17, 15) is 78.3 Å². The number of nitrogens with one attached hydrogen (secondary N) is 2. The zero-order valence-corrected chi connectivity index (χ0v) is 34.7. The average Bonchev–Trinajstić information content (AvgIpc) is 3.71. The van der Waals surface area contributed by atoms with Gasteiger partial charge in [-0.1, -0.05) is 25.6 Å². The summed E-state index contributed by atoms with van der Waals surface area (Å²) in [4.78, 5) is 87.9. The van der Waals surface area contributed by atoms with E-state index in [4.69, 9.17) is 24.3 Å². The number of nitrogens with two attached hydrogens (primary N) is 1. The molecule has 2 fully saturated rings. The van der Waals surface area contributed by atoms with E-state index in [1.54, 1.807) is 0 Å². The van der Waals surface area contributed by atoms with Crippen molar-refractivity contribution in [2.24, 2.45) is 5.41 Å². The number of phosphoric acid groups is 3. The van der Waals surface area contributed by atoms with Gasteiger partial charge in [0.2, 0.25) is 16.9 Å². The normalized spacial score (nSPS) is 28.8. The summed E-state index contributed by atoms with van der Waals surface area (Å²) in [6.45, 7) is -0.115. The van der Waals surface area contributed by atoms with Crippen LogP contribution in [0.1, 0.15) is 26.5 Å². The van der Waals surface area contributed by atoms with E-state index in [-0.39, 0.29) is 42.2 Å². The van der Waals surface area contributed by atoms with Crippen LogP contribution < -0.4 is 16.4 Å². The molecule has 0 radical (unpaired) electrons. The summed E-state index contributed by atoms with van der Waals surface area (Å²) >= 11 is 0.597. The Morgan fingerprint density at radius 1 is 0.933 bits per heavy atom. The molecule has 33 heteroatoms. The molecule has 14 N–H and O–H groups in total. The van der Waals surface area contributed by atoms with Crippen LogP contribution in [0.2, 0.25) is 0 Å². The van der Waals surface area contributed by atoms with Gasteiger partial charge in [0.25, 0.3) is 0 Å². The first kappa shape index (κ1) is 50.0. The molecule has 2 aromatic rings. The van der Waals surface area contributed by atoms with Crippen molar-refractivity contribution in [1.82, 2.24) is 30.2 Å². The lowest BCUT2D eigenvalue weighted by Crippen LogP contribution is -2.59. The topological polar surface area (TPSA) is 454 Å². The lowest BCUT2D eigenvalue weighted by Gasteiger charge is -2.37. The van der Waals surface area contributed by atoms with Crippen molar-refractivity contribution >= 4 is 69.1 Å². The second kappa shape index (κ2) is 20.2. The first-order chi connectivity index (χ1) is 27.7. The molecule has 12 unspecified atom stereocenters. The Labute approximate surface area is 342 Å². The lowest BCUT2D eigenvalue weighted by molar-refractivity contribution is -0.273. The fourth-order valence-electron chi connectivity index (χ4n) is 5.42. The van der Waals surface area contributed by atoms with Crippen LogP contribution in [0.5, 0.6) is 0 Å². The number of nitrogen functional groups attached to an aromatic ring is 1. The van der Waals surface area contributed by atoms with Crippen LogP contribution in [-0.4, -0.2) is 174 Å². The maximum absolute atomic E-state index is 12.7. The van der Waals surface area contributed by atoms with Crippen LogP contribution in [0.4, 0.5) is 5.82 Å². The van der Waals surface area contributed by atoms with Gasteiger partial charge in [-0.05, 0) is 0 Å². The van der Waals surface area contributed by atoms with Gasteiger partial charge in [-0.2, -0.15) is 4.31 Å². The second-order valence-corrected chi connectivity index (χ2v) is 19.0. The van der Waals surface area contributed by atoms with E-state index < -0.39 is 120 Å². The van der Waals surface area contributed by atoms with Crippen molar-refractivity contribution < 1.29 is 106 Å². The van der Waals surface area contributed by atoms with Gasteiger partial charge < -0.3 is 76.1 Å². The number of carbonyl (C=O) groups is 3. The number of anilines is 1. The van der Waals surface area contributed by atoms with Gasteiger partial charge in [0, 0.05) is 30.7 Å². The molecule has 2 aromatic heterocycles. The maximum atomic E-state index is 12.7. The quantitative estimate of drug-likeness (QED) is 0.0439. The molecular weight excluding hydrogens is 899 g/mol. The number of aliphatic hydroxyl groups excluding tert-OH is 6. The number of carbonyl (C=O) groups excluding carboxylic acids is 3. The zero-order valence-electron chi connectivity index (χ0n) is 31.2. The van der Waals surface area contributed by atoms with Crippen molar-refractivity contribution in [1.29, 1.82) is 0 Å². The van der Waals surface area contributed by atoms with E-state index in [0.29, 0.717) is 11.8 Å². The Morgan fingerprint density at radius 3 is 2.27 bits per heavy atom. The molecule has 12 atom stereocenters. The van der Waals surface area contributed by atoms with Crippen LogP contribution in [0.15, 0.2) is 12.7 Å². The minimum absolute atomic E-state index is 0.00902. The Balaban J connectivity index is 1.21. The summed E-state index contributed by atoms with van der Waals surface area (Å²) in [5, 5.41) is 64.0. The minimum Gasteiger partial charge on any atom is -0.387 e. The van der Waals surface area contributed by atoms with Gasteiger partial charge in [-0.3, -0.25) is 32.5 Å². The van der Waals surface area contributed by atoms with E-state index in [0.717, 1.165) is 17.2 Å². The summed E-state index contributed by atoms with van der Waals surface area (Å²) in [7, 11) is -16.5. The Bertz CT molecular complexity index is 1990. The van der Waals surface area contributed by atoms with Gasteiger partial charge in [-0.15, -0.1) is 0 Å². The molecule has 4 heterocycles. The SMILES string of the molecule is CC(C)(COP(=O)(O)OP(=O)(O)OCC1OC(n2cnc3c(N)ncnc32)C(O)C1OP(=O)(O)O)C(O)C(=O)NCCC(=O)NCCSC(=O)C1OC(O)C(O)C(O)C1O. The summed E-state index contributed by atoms with van der Waals surface area (Å²) in [5.41, 5.74) is 4.14. The predicted molar refractivity (Wildman–Crippen MR) is 196 cm³/mol. The highest BCUT2D eigenvalue weighted by atomic mass is 32.2. The highest BCUT2D eigenvalue weighted by Crippen LogP contribution is 2.61. The highest BCUT2D eigenvalue weighted by molar-refractivity contribution is 8.13. The van der Waals surface area contributed by atoms with Gasteiger partial charge in [0.1, 0.15) is 54.6 Å². The van der Waals surface area contributed by atoms with Gasteiger partial charge in [-0.25, -0.2) is 28.6 Å². The monoisotopic (exact) mass is 943 g/mol. The van der Waals surface area contributed by atoms with Crippen LogP contribution in [0.3, 0.4) is 0 Å². The van der Waals surface area contributed by atoms with Gasteiger partial charge in [0.05, 0.1) is 19.5 Å². The van der Waals surface area contributed by atoms with Crippen LogP contribution in [0, 0.1) is 5.41 Å². The van der Waals surface area contributed by atoms with Gasteiger partial charge in [0.15, 0.2) is 30.1 Å². The Kier molecular flexibility index (Phi) is 16.9. The largest absolute Gasteiger partial charge is 0.481 e. The molecule has 0 saturated carbocycles. The maximum Gasteiger partial charge on any atom is 0.481 e. The molecule has 340 valence electrons. The molecule has 60 heavy (non-hydrogen) atoms. The Morgan fingerprint density at radius 2 is 1.60 bits per heavy atom. The van der Waals surface area contributed by atoms with E-state index in [1.165, 1.54) is 13.8 Å². The number of aromatic nitrogens is 4. The number of imidazole rings is 1. The number of rotatable bonds is 20. The minimum atomic E-state index is -5.62. The summed E-state index contributed by atoms with van der Waals surface area (Å²) < 4.78 is 66.8. The van der Waals surface area contributed by atoms with E-state index >= 15 is 0 Å². The zero-order chi connectivity index (χ0) is 45.0. The fourth-order valence-corrected chi connectivity index (χ4v) is 9.01. The summed E-state index contributed by atoms with van der Waals surface area (Å²) in [6, 6.07) is 0. The molecule has 2 saturated heterocycles. The molecule has 0 aromatic carbocycles. The molecule has 0 aliphatic carbocycles. The number of aliphatic hydroxyl groups is 6. The molecule has 0 bridgehead atoms. The number of nitrogens with zero attached hydrogens (tertiary/aromatic N) is 4. The lowest BCUT2D eigenvalue weighted by atomic mass is 9.87. The smallest absolute Gasteiger partial charge is 0.387 e. The van der Waals surface area contributed by atoms with E-state index in [1.807, 2.05) is 0 Å². The molecule has 2 aliphatic rings. The number of thioether (sulfide) groups is 1. The van der Waals surface area contributed by atoms with Gasteiger partial charge >= 0.3 is 23.5 Å². The Hall–Kier alpha value is -2.64. The van der Waals surface area contributed by atoms with Crippen LogP contribution in [-0.2, 0) is 55.4 Å². The van der Waals surface area contributed by atoms with Crippen molar-refractivity contribution in [2.75, 3.05) is 37.8 Å².